The van der Waals surface area contributed by atoms with E-state index in [4.69, 9.17) is 4.74 Å². The summed E-state index contributed by atoms with van der Waals surface area (Å²) < 4.78 is 7.46. The van der Waals surface area contributed by atoms with Crippen LogP contribution in [-0.2, 0) is 26.6 Å². The van der Waals surface area contributed by atoms with Gasteiger partial charge >= 0.3 is 0 Å². The Morgan fingerprint density at radius 3 is 3.06 bits per heavy atom. The topological polar surface area (TPSA) is 96.8 Å². The first-order valence-electron chi connectivity index (χ1n) is 10.4. The first-order chi connectivity index (χ1) is 15.7. The summed E-state index contributed by atoms with van der Waals surface area (Å²) in [7, 11) is 3.62. The van der Waals surface area contributed by atoms with Crippen LogP contribution in [0.15, 0.2) is 36.9 Å². The van der Waals surface area contributed by atoms with Crippen LogP contribution in [0.4, 0.5) is 11.5 Å². The molecule has 6 rings (SSSR count). The van der Waals surface area contributed by atoms with Crippen LogP contribution in [0.25, 0.3) is 21.1 Å². The lowest BCUT2D eigenvalue weighted by atomic mass is 10.0. The summed E-state index contributed by atoms with van der Waals surface area (Å²) in [6.07, 6.45) is 6.38. The molecule has 0 bridgehead atoms. The lowest BCUT2D eigenvalue weighted by molar-refractivity contribution is 0.246. The molecular weight excluding hydrogens is 424 g/mol. The average Bonchev–Trinajstić information content (AvgIpc) is 3.51. The van der Waals surface area contributed by atoms with Crippen LogP contribution < -0.4 is 10.1 Å². The summed E-state index contributed by atoms with van der Waals surface area (Å²) in [5.41, 5.74) is 4.23. The minimum atomic E-state index is 0.735. The molecule has 162 valence electrons. The summed E-state index contributed by atoms with van der Waals surface area (Å²) in [5.74, 6) is 1.55. The van der Waals surface area contributed by atoms with E-state index in [0.717, 1.165) is 70.1 Å². The molecule has 1 aliphatic heterocycles. The molecular formula is C22H22N8OS. The third kappa shape index (κ3) is 3.28. The van der Waals surface area contributed by atoms with E-state index >= 15 is 0 Å². The maximum atomic E-state index is 5.61. The molecule has 9 nitrogen and oxygen atoms in total. The van der Waals surface area contributed by atoms with Gasteiger partial charge in [0.15, 0.2) is 0 Å². The highest BCUT2D eigenvalue weighted by molar-refractivity contribution is 7.19. The largest absolute Gasteiger partial charge is 0.494 e. The van der Waals surface area contributed by atoms with Crippen molar-refractivity contribution in [3.8, 4) is 5.75 Å². The smallest absolute Gasteiger partial charge is 0.144 e. The highest BCUT2D eigenvalue weighted by Crippen LogP contribution is 2.40. The van der Waals surface area contributed by atoms with Crippen molar-refractivity contribution >= 4 is 44.0 Å². The second kappa shape index (κ2) is 7.57. The standard InChI is InChI=1S/C22H22N8OS/c1-29-5-3-14(28-29)10-30-6-4-15-19(11-30)32-22-20(15)21(23-12-24-22)26-17-7-13-9-25-27-16(13)8-18(17)31-2/h3,5,7-9,12H,4,6,10-11H2,1-2H3,(H,25,27)(H,23,24,26). The van der Waals surface area contributed by atoms with Crippen LogP contribution in [0.2, 0.25) is 0 Å². The van der Waals surface area contributed by atoms with Gasteiger partial charge in [-0.25, -0.2) is 9.97 Å². The van der Waals surface area contributed by atoms with Gasteiger partial charge in [0.05, 0.1) is 35.6 Å². The number of aromatic amines is 1. The second-order valence-corrected chi connectivity index (χ2v) is 9.07. The van der Waals surface area contributed by atoms with Crippen LogP contribution in [0.1, 0.15) is 16.1 Å². The Balaban J connectivity index is 1.34. The SMILES string of the molecule is COc1cc2[nH]ncc2cc1Nc1ncnc2sc3c(c12)CCN(Cc1ccn(C)n1)C3. The highest BCUT2D eigenvalue weighted by atomic mass is 32.1. The minimum Gasteiger partial charge on any atom is -0.494 e. The molecule has 0 saturated heterocycles. The summed E-state index contributed by atoms with van der Waals surface area (Å²) >= 11 is 1.75. The Labute approximate surface area is 188 Å². The zero-order valence-electron chi connectivity index (χ0n) is 17.8. The van der Waals surface area contributed by atoms with Crippen molar-refractivity contribution in [2.24, 2.45) is 7.05 Å². The quantitative estimate of drug-likeness (QED) is 0.426. The zero-order valence-corrected chi connectivity index (χ0v) is 18.6. The van der Waals surface area contributed by atoms with E-state index < -0.39 is 0 Å². The third-order valence-electron chi connectivity index (χ3n) is 5.88. The van der Waals surface area contributed by atoms with E-state index in [1.807, 2.05) is 30.1 Å². The molecule has 2 N–H and O–H groups in total. The van der Waals surface area contributed by atoms with Crippen molar-refractivity contribution in [1.82, 2.24) is 34.8 Å². The number of ether oxygens (including phenoxy) is 1. The molecule has 10 heteroatoms. The molecule has 5 aromatic rings. The first kappa shape index (κ1) is 19.2. The van der Waals surface area contributed by atoms with Gasteiger partial charge in [-0.2, -0.15) is 10.2 Å². The molecule has 1 aliphatic rings. The fourth-order valence-electron chi connectivity index (χ4n) is 4.35. The second-order valence-electron chi connectivity index (χ2n) is 7.98. The third-order valence-corrected chi connectivity index (χ3v) is 7.01. The van der Waals surface area contributed by atoms with Crippen molar-refractivity contribution in [1.29, 1.82) is 0 Å². The zero-order chi connectivity index (χ0) is 21.7. The van der Waals surface area contributed by atoms with Crippen molar-refractivity contribution in [3.05, 3.63) is 53.1 Å². The average molecular weight is 447 g/mol. The highest BCUT2D eigenvalue weighted by Gasteiger charge is 2.24. The fourth-order valence-corrected chi connectivity index (χ4v) is 5.58. The molecule has 0 radical (unpaired) electrons. The fraction of sp³-hybridized carbons (Fsp3) is 0.273. The maximum Gasteiger partial charge on any atom is 0.144 e. The molecule has 1 aromatic carbocycles. The number of hydrogen-bond acceptors (Lipinski definition) is 8. The molecule has 0 unspecified atom stereocenters. The number of fused-ring (bicyclic) bond motifs is 4. The number of rotatable bonds is 5. The number of benzene rings is 1. The van der Waals surface area contributed by atoms with Crippen LogP contribution in [0, 0.1) is 0 Å². The maximum absolute atomic E-state index is 5.61. The van der Waals surface area contributed by atoms with Crippen LogP contribution in [0.3, 0.4) is 0 Å². The molecule has 0 saturated carbocycles. The molecule has 0 amide bonds. The van der Waals surface area contributed by atoms with E-state index in [1.165, 1.54) is 10.4 Å². The Kier molecular flexibility index (Phi) is 4.54. The summed E-state index contributed by atoms with van der Waals surface area (Å²) in [4.78, 5) is 14.0. The Bertz CT molecular complexity index is 1430. The van der Waals surface area contributed by atoms with Gasteiger partial charge in [-0.05, 0) is 24.1 Å². The summed E-state index contributed by atoms with van der Waals surface area (Å²) in [5, 5.41) is 17.2. The number of methoxy groups -OCH3 is 1. The van der Waals surface area contributed by atoms with Crippen LogP contribution >= 0.6 is 11.3 Å². The van der Waals surface area contributed by atoms with E-state index in [1.54, 1.807) is 31.0 Å². The van der Waals surface area contributed by atoms with E-state index in [0.29, 0.717) is 0 Å². The Hall–Kier alpha value is -3.50. The first-order valence-corrected chi connectivity index (χ1v) is 11.2. The number of anilines is 2. The van der Waals surface area contributed by atoms with Gasteiger partial charge in [0.1, 0.15) is 22.7 Å². The monoisotopic (exact) mass is 446 g/mol. The van der Waals surface area contributed by atoms with Crippen molar-refractivity contribution < 1.29 is 4.74 Å². The van der Waals surface area contributed by atoms with Gasteiger partial charge in [0, 0.05) is 49.2 Å². The van der Waals surface area contributed by atoms with Crippen molar-refractivity contribution in [2.45, 2.75) is 19.5 Å². The number of nitrogens with one attached hydrogen (secondary N) is 2. The van der Waals surface area contributed by atoms with Gasteiger partial charge < -0.3 is 10.1 Å². The van der Waals surface area contributed by atoms with E-state index in [2.05, 4.69) is 41.5 Å². The summed E-state index contributed by atoms with van der Waals surface area (Å²) in [6.45, 7) is 2.73. The van der Waals surface area contributed by atoms with Gasteiger partial charge in [-0.1, -0.05) is 0 Å². The normalized spacial score (nSPS) is 14.2. The van der Waals surface area contributed by atoms with Gasteiger partial charge in [-0.3, -0.25) is 14.7 Å². The Morgan fingerprint density at radius 1 is 1.28 bits per heavy atom. The molecule has 0 fully saturated rings. The van der Waals surface area contributed by atoms with E-state index in [-0.39, 0.29) is 0 Å². The number of aryl methyl sites for hydroxylation is 1. The van der Waals surface area contributed by atoms with Gasteiger partial charge in [0.2, 0.25) is 0 Å². The van der Waals surface area contributed by atoms with Crippen LogP contribution in [-0.4, -0.2) is 48.5 Å². The predicted molar refractivity (Wildman–Crippen MR) is 124 cm³/mol. The lowest BCUT2D eigenvalue weighted by Gasteiger charge is -2.26. The summed E-state index contributed by atoms with van der Waals surface area (Å²) in [6, 6.07) is 6.05. The van der Waals surface area contributed by atoms with Gasteiger partial charge in [0.25, 0.3) is 0 Å². The lowest BCUT2D eigenvalue weighted by Crippen LogP contribution is -2.29. The molecule has 0 atom stereocenters. The number of hydrogen-bond donors (Lipinski definition) is 2. The van der Waals surface area contributed by atoms with Gasteiger partial charge in [-0.15, -0.1) is 11.3 Å². The van der Waals surface area contributed by atoms with Crippen LogP contribution in [0.5, 0.6) is 5.75 Å². The molecule has 5 heterocycles. The number of aromatic nitrogens is 6. The van der Waals surface area contributed by atoms with Crippen molar-refractivity contribution in [3.63, 3.8) is 0 Å². The minimum absolute atomic E-state index is 0.735. The number of nitrogens with zero attached hydrogens (tertiary/aromatic N) is 6. The number of H-pyrrole nitrogens is 1. The molecule has 4 aromatic heterocycles. The predicted octanol–water partition coefficient (Wildman–Crippen LogP) is 3.61. The van der Waals surface area contributed by atoms with Crippen molar-refractivity contribution in [2.75, 3.05) is 19.0 Å². The molecule has 0 spiro atoms. The molecule has 0 aliphatic carbocycles. The number of thiophene rings is 1. The van der Waals surface area contributed by atoms with E-state index in [9.17, 15) is 0 Å². The molecule has 32 heavy (non-hydrogen) atoms. The Morgan fingerprint density at radius 2 is 2.22 bits per heavy atom.